The SMILES string of the molecule is CC.CCC1CCN(C(=O)C2CN(CC)C2)CC1. The van der Waals surface area contributed by atoms with Crippen LogP contribution in [-0.4, -0.2) is 48.4 Å². The first-order chi connectivity index (χ1) is 8.74. The molecule has 2 rings (SSSR count). The van der Waals surface area contributed by atoms with Crippen molar-refractivity contribution in [3.05, 3.63) is 0 Å². The van der Waals surface area contributed by atoms with Gasteiger partial charge in [0, 0.05) is 26.2 Å². The number of likely N-dealkylation sites (tertiary alicyclic amines) is 2. The van der Waals surface area contributed by atoms with E-state index in [9.17, 15) is 4.79 Å². The summed E-state index contributed by atoms with van der Waals surface area (Å²) in [7, 11) is 0. The van der Waals surface area contributed by atoms with Crippen LogP contribution in [0.2, 0.25) is 0 Å². The molecular formula is C15H30N2O. The van der Waals surface area contributed by atoms with Crippen molar-refractivity contribution in [2.24, 2.45) is 11.8 Å². The number of carbonyl (C=O) groups excluding carboxylic acids is 1. The Kier molecular flexibility index (Phi) is 6.69. The highest BCUT2D eigenvalue weighted by Crippen LogP contribution is 2.24. The number of amides is 1. The summed E-state index contributed by atoms with van der Waals surface area (Å²) in [6.45, 7) is 13.5. The Morgan fingerprint density at radius 3 is 2.11 bits per heavy atom. The van der Waals surface area contributed by atoms with E-state index in [2.05, 4.69) is 23.6 Å². The molecular weight excluding hydrogens is 224 g/mol. The van der Waals surface area contributed by atoms with Gasteiger partial charge in [0.15, 0.2) is 0 Å². The summed E-state index contributed by atoms with van der Waals surface area (Å²) in [6.07, 6.45) is 3.70. The van der Waals surface area contributed by atoms with Crippen molar-refractivity contribution in [1.29, 1.82) is 0 Å². The average Bonchev–Trinajstić information content (AvgIpc) is 2.40. The van der Waals surface area contributed by atoms with E-state index in [-0.39, 0.29) is 0 Å². The summed E-state index contributed by atoms with van der Waals surface area (Å²) < 4.78 is 0. The molecule has 2 aliphatic heterocycles. The van der Waals surface area contributed by atoms with Crippen molar-refractivity contribution < 1.29 is 4.79 Å². The van der Waals surface area contributed by atoms with Crippen LogP contribution < -0.4 is 0 Å². The maximum absolute atomic E-state index is 12.1. The topological polar surface area (TPSA) is 23.6 Å². The standard InChI is InChI=1S/C13H24N2O.C2H6/c1-3-11-5-7-15(8-6-11)13(16)12-9-14(4-2)10-12;1-2/h11-12H,3-10H2,1-2H3;1-2H3. The molecule has 2 saturated heterocycles. The number of piperidine rings is 1. The molecule has 3 nitrogen and oxygen atoms in total. The van der Waals surface area contributed by atoms with E-state index in [1.807, 2.05) is 13.8 Å². The van der Waals surface area contributed by atoms with E-state index in [0.717, 1.165) is 38.6 Å². The van der Waals surface area contributed by atoms with Crippen molar-refractivity contribution in [2.75, 3.05) is 32.7 Å². The largest absolute Gasteiger partial charge is 0.342 e. The van der Waals surface area contributed by atoms with Gasteiger partial charge in [0.05, 0.1) is 5.92 Å². The second-order valence-corrected chi connectivity index (χ2v) is 5.23. The Morgan fingerprint density at radius 1 is 1.11 bits per heavy atom. The number of hydrogen-bond acceptors (Lipinski definition) is 2. The third kappa shape index (κ3) is 3.71. The summed E-state index contributed by atoms with van der Waals surface area (Å²) in [5.74, 6) is 1.58. The van der Waals surface area contributed by atoms with Crippen LogP contribution in [0, 0.1) is 11.8 Å². The second kappa shape index (κ2) is 7.78. The van der Waals surface area contributed by atoms with Gasteiger partial charge in [-0.2, -0.15) is 0 Å². The molecule has 0 atom stereocenters. The van der Waals surface area contributed by atoms with Gasteiger partial charge in [-0.15, -0.1) is 0 Å². The molecule has 2 heterocycles. The molecule has 3 heteroatoms. The minimum atomic E-state index is 0.304. The zero-order chi connectivity index (χ0) is 13.5. The van der Waals surface area contributed by atoms with Crippen molar-refractivity contribution in [3.63, 3.8) is 0 Å². The third-order valence-electron chi connectivity index (χ3n) is 4.26. The molecule has 1 amide bonds. The summed E-state index contributed by atoms with van der Waals surface area (Å²) in [4.78, 5) is 16.6. The molecule has 0 spiro atoms. The van der Waals surface area contributed by atoms with Gasteiger partial charge in [-0.1, -0.05) is 34.1 Å². The summed E-state index contributed by atoms with van der Waals surface area (Å²) >= 11 is 0. The van der Waals surface area contributed by atoms with Gasteiger partial charge in [0.2, 0.25) is 5.91 Å². The smallest absolute Gasteiger partial charge is 0.228 e. The Morgan fingerprint density at radius 2 is 1.67 bits per heavy atom. The molecule has 106 valence electrons. The predicted octanol–water partition coefficient (Wildman–Crippen LogP) is 2.61. The second-order valence-electron chi connectivity index (χ2n) is 5.23. The minimum absolute atomic E-state index is 0.304. The van der Waals surface area contributed by atoms with Crippen LogP contribution in [0.15, 0.2) is 0 Å². The lowest BCUT2D eigenvalue weighted by atomic mass is 9.92. The van der Waals surface area contributed by atoms with Crippen LogP contribution >= 0.6 is 0 Å². The number of nitrogens with zero attached hydrogens (tertiary/aromatic N) is 2. The first-order valence-electron chi connectivity index (χ1n) is 7.75. The van der Waals surface area contributed by atoms with Crippen LogP contribution in [0.1, 0.15) is 47.0 Å². The van der Waals surface area contributed by atoms with Crippen molar-refractivity contribution in [1.82, 2.24) is 9.80 Å². The van der Waals surface area contributed by atoms with Gasteiger partial charge >= 0.3 is 0 Å². The van der Waals surface area contributed by atoms with E-state index in [4.69, 9.17) is 0 Å². The lowest BCUT2D eigenvalue weighted by molar-refractivity contribution is -0.142. The van der Waals surface area contributed by atoms with Crippen molar-refractivity contribution >= 4 is 5.91 Å². The summed E-state index contributed by atoms with van der Waals surface area (Å²) in [5, 5.41) is 0. The average molecular weight is 254 g/mol. The molecule has 0 unspecified atom stereocenters. The van der Waals surface area contributed by atoms with E-state index < -0.39 is 0 Å². The van der Waals surface area contributed by atoms with Crippen LogP contribution in [-0.2, 0) is 4.79 Å². The molecule has 0 bridgehead atoms. The van der Waals surface area contributed by atoms with Gasteiger partial charge in [-0.25, -0.2) is 0 Å². The van der Waals surface area contributed by atoms with Gasteiger partial charge in [0.1, 0.15) is 0 Å². The fourth-order valence-electron chi connectivity index (χ4n) is 2.80. The van der Waals surface area contributed by atoms with Crippen LogP contribution in [0.5, 0.6) is 0 Å². The Hall–Kier alpha value is -0.570. The van der Waals surface area contributed by atoms with Gasteiger partial charge in [-0.3, -0.25) is 4.79 Å². The zero-order valence-electron chi connectivity index (χ0n) is 12.6. The monoisotopic (exact) mass is 254 g/mol. The van der Waals surface area contributed by atoms with E-state index >= 15 is 0 Å². The highest BCUT2D eigenvalue weighted by Gasteiger charge is 2.35. The van der Waals surface area contributed by atoms with E-state index in [1.165, 1.54) is 19.3 Å². The number of hydrogen-bond donors (Lipinski definition) is 0. The van der Waals surface area contributed by atoms with Gasteiger partial charge in [-0.05, 0) is 25.3 Å². The number of carbonyl (C=O) groups is 1. The molecule has 0 aromatic heterocycles. The maximum atomic E-state index is 12.1. The molecule has 0 saturated carbocycles. The maximum Gasteiger partial charge on any atom is 0.228 e. The normalized spacial score (nSPS) is 22.1. The zero-order valence-corrected chi connectivity index (χ0v) is 12.6. The molecule has 0 N–H and O–H groups in total. The highest BCUT2D eigenvalue weighted by atomic mass is 16.2. The molecule has 18 heavy (non-hydrogen) atoms. The van der Waals surface area contributed by atoms with Gasteiger partial charge < -0.3 is 9.80 Å². The van der Waals surface area contributed by atoms with E-state index in [0.29, 0.717) is 11.8 Å². The highest BCUT2D eigenvalue weighted by molar-refractivity contribution is 5.80. The first-order valence-corrected chi connectivity index (χ1v) is 7.75. The predicted molar refractivity (Wildman–Crippen MR) is 76.5 cm³/mol. The molecule has 0 aromatic rings. The molecule has 2 fully saturated rings. The van der Waals surface area contributed by atoms with Crippen LogP contribution in [0.25, 0.3) is 0 Å². The van der Waals surface area contributed by atoms with Gasteiger partial charge in [0.25, 0.3) is 0 Å². The van der Waals surface area contributed by atoms with E-state index in [1.54, 1.807) is 0 Å². The van der Waals surface area contributed by atoms with Crippen molar-refractivity contribution in [3.8, 4) is 0 Å². The Labute approximate surface area is 113 Å². The lowest BCUT2D eigenvalue weighted by Gasteiger charge is -2.41. The van der Waals surface area contributed by atoms with Crippen molar-refractivity contribution in [2.45, 2.75) is 47.0 Å². The van der Waals surface area contributed by atoms with Crippen LogP contribution in [0.3, 0.4) is 0 Å². The third-order valence-corrected chi connectivity index (χ3v) is 4.26. The lowest BCUT2D eigenvalue weighted by Crippen LogP contribution is -2.55. The minimum Gasteiger partial charge on any atom is -0.342 e. The summed E-state index contributed by atoms with van der Waals surface area (Å²) in [6, 6.07) is 0. The first kappa shape index (κ1) is 15.5. The molecule has 0 aliphatic carbocycles. The molecule has 0 aromatic carbocycles. The summed E-state index contributed by atoms with van der Waals surface area (Å²) in [5.41, 5.74) is 0. The Balaban J connectivity index is 0.000000771. The fraction of sp³-hybridized carbons (Fsp3) is 0.933. The molecule has 0 radical (unpaired) electrons. The quantitative estimate of drug-likeness (QED) is 0.773. The Bertz CT molecular complexity index is 241. The molecule has 2 aliphatic rings. The fourth-order valence-corrected chi connectivity index (χ4v) is 2.80. The van der Waals surface area contributed by atoms with Crippen LogP contribution in [0.4, 0.5) is 0 Å². The number of rotatable bonds is 3.